The largest absolute Gasteiger partial charge is 0.459 e. The fourth-order valence-electron chi connectivity index (χ4n) is 0.755. The van der Waals surface area contributed by atoms with Crippen molar-refractivity contribution in [2.75, 3.05) is 7.11 Å². The van der Waals surface area contributed by atoms with E-state index in [1.807, 2.05) is 0 Å². The van der Waals surface area contributed by atoms with Crippen LogP contribution in [0.2, 0.25) is 0 Å². The Morgan fingerprint density at radius 1 is 1.54 bits per heavy atom. The molecule has 4 heteroatoms. The zero-order valence-corrected chi connectivity index (χ0v) is 7.64. The minimum Gasteiger partial charge on any atom is -0.459 e. The zero-order valence-electron chi connectivity index (χ0n) is 7.64. The SMILES string of the molecule is CCC(C#CC(=O)OC)CC(F)F. The lowest BCUT2D eigenvalue weighted by Gasteiger charge is -2.04. The van der Waals surface area contributed by atoms with E-state index in [9.17, 15) is 13.6 Å². The van der Waals surface area contributed by atoms with Gasteiger partial charge >= 0.3 is 5.97 Å². The third kappa shape index (κ3) is 6.09. The van der Waals surface area contributed by atoms with Gasteiger partial charge in [0.2, 0.25) is 6.43 Å². The molecule has 0 aromatic heterocycles. The average molecular weight is 190 g/mol. The van der Waals surface area contributed by atoms with Crippen LogP contribution in [0.5, 0.6) is 0 Å². The number of halogens is 2. The molecule has 0 spiro atoms. The molecule has 0 aliphatic rings. The second-order valence-corrected chi connectivity index (χ2v) is 2.49. The summed E-state index contributed by atoms with van der Waals surface area (Å²) in [5.41, 5.74) is 0. The molecule has 0 amide bonds. The quantitative estimate of drug-likeness (QED) is 0.385. The summed E-state index contributed by atoms with van der Waals surface area (Å²) >= 11 is 0. The molecule has 0 aromatic rings. The number of ether oxygens (including phenoxy) is 1. The van der Waals surface area contributed by atoms with Gasteiger partial charge in [-0.2, -0.15) is 0 Å². The zero-order chi connectivity index (χ0) is 10.3. The van der Waals surface area contributed by atoms with Crippen molar-refractivity contribution in [2.24, 2.45) is 5.92 Å². The maximum absolute atomic E-state index is 11.9. The highest BCUT2D eigenvalue weighted by atomic mass is 19.3. The normalized spacial score (nSPS) is 11.8. The number of esters is 1. The van der Waals surface area contributed by atoms with Gasteiger partial charge in [0, 0.05) is 18.3 Å². The number of carbonyl (C=O) groups excluding carboxylic acids is 1. The Balaban J connectivity index is 4.08. The molecular weight excluding hydrogens is 178 g/mol. The lowest BCUT2D eigenvalue weighted by Crippen LogP contribution is -2.04. The van der Waals surface area contributed by atoms with Gasteiger partial charge in [0.05, 0.1) is 7.11 Å². The van der Waals surface area contributed by atoms with Crippen molar-refractivity contribution in [1.29, 1.82) is 0 Å². The van der Waals surface area contributed by atoms with Crippen LogP contribution >= 0.6 is 0 Å². The van der Waals surface area contributed by atoms with E-state index in [2.05, 4.69) is 16.6 Å². The Kier molecular flexibility index (Phi) is 5.86. The highest BCUT2D eigenvalue weighted by Crippen LogP contribution is 2.12. The number of hydrogen-bond acceptors (Lipinski definition) is 2. The lowest BCUT2D eigenvalue weighted by molar-refractivity contribution is -0.133. The molecule has 0 saturated heterocycles. The minimum atomic E-state index is -2.38. The van der Waals surface area contributed by atoms with Crippen molar-refractivity contribution in [3.63, 3.8) is 0 Å². The highest BCUT2D eigenvalue weighted by Gasteiger charge is 2.10. The van der Waals surface area contributed by atoms with Crippen LogP contribution in [-0.2, 0) is 9.53 Å². The molecule has 2 nitrogen and oxygen atoms in total. The number of alkyl halides is 2. The van der Waals surface area contributed by atoms with E-state index < -0.39 is 18.3 Å². The van der Waals surface area contributed by atoms with Gasteiger partial charge < -0.3 is 4.74 Å². The fraction of sp³-hybridized carbons (Fsp3) is 0.667. The van der Waals surface area contributed by atoms with Gasteiger partial charge in [-0.15, -0.1) is 0 Å². The van der Waals surface area contributed by atoms with Crippen molar-refractivity contribution < 1.29 is 18.3 Å². The highest BCUT2D eigenvalue weighted by molar-refractivity contribution is 5.88. The van der Waals surface area contributed by atoms with Crippen LogP contribution in [0, 0.1) is 17.8 Å². The van der Waals surface area contributed by atoms with Gasteiger partial charge in [-0.1, -0.05) is 12.8 Å². The van der Waals surface area contributed by atoms with Crippen molar-refractivity contribution in [1.82, 2.24) is 0 Å². The second kappa shape index (κ2) is 6.41. The Bertz CT molecular complexity index is 215. The topological polar surface area (TPSA) is 26.3 Å². The van der Waals surface area contributed by atoms with Gasteiger partial charge in [0.1, 0.15) is 0 Å². The van der Waals surface area contributed by atoms with E-state index in [-0.39, 0.29) is 6.42 Å². The van der Waals surface area contributed by atoms with E-state index in [1.165, 1.54) is 7.11 Å². The summed E-state index contributed by atoms with van der Waals surface area (Å²) in [6, 6.07) is 0. The molecule has 1 atom stereocenters. The number of hydrogen-bond donors (Lipinski definition) is 0. The van der Waals surface area contributed by atoms with E-state index in [1.54, 1.807) is 6.92 Å². The summed E-state index contributed by atoms with van der Waals surface area (Å²) in [4.78, 5) is 10.5. The molecule has 1 unspecified atom stereocenters. The van der Waals surface area contributed by atoms with Crippen molar-refractivity contribution in [2.45, 2.75) is 26.2 Å². The smallest absolute Gasteiger partial charge is 0.384 e. The Morgan fingerprint density at radius 3 is 2.54 bits per heavy atom. The van der Waals surface area contributed by atoms with Gasteiger partial charge in [-0.3, -0.25) is 0 Å². The second-order valence-electron chi connectivity index (χ2n) is 2.49. The van der Waals surface area contributed by atoms with Gasteiger partial charge in [-0.05, 0) is 6.42 Å². The maximum atomic E-state index is 11.9. The summed E-state index contributed by atoms with van der Waals surface area (Å²) in [7, 11) is 1.20. The molecule has 0 bridgehead atoms. The number of methoxy groups -OCH3 is 1. The first-order chi connectivity index (χ1) is 6.10. The molecule has 0 N–H and O–H groups in total. The van der Waals surface area contributed by atoms with Gasteiger partial charge in [-0.25, -0.2) is 13.6 Å². The molecule has 13 heavy (non-hydrogen) atoms. The first-order valence-corrected chi connectivity index (χ1v) is 3.97. The minimum absolute atomic E-state index is 0.291. The van der Waals surface area contributed by atoms with Crippen molar-refractivity contribution >= 4 is 5.97 Å². The van der Waals surface area contributed by atoms with Gasteiger partial charge in [0.25, 0.3) is 0 Å². The van der Waals surface area contributed by atoms with Crippen LogP contribution in [0.15, 0.2) is 0 Å². The predicted molar refractivity (Wildman–Crippen MR) is 44.2 cm³/mol. The molecule has 74 valence electrons. The summed E-state index contributed by atoms with van der Waals surface area (Å²) in [5, 5.41) is 0. The van der Waals surface area contributed by atoms with Crippen LogP contribution in [0.3, 0.4) is 0 Å². The predicted octanol–water partition coefficient (Wildman–Crippen LogP) is 1.84. The number of carbonyl (C=O) groups is 1. The summed E-state index contributed by atoms with van der Waals surface area (Å²) < 4.78 is 28.0. The molecule has 0 heterocycles. The van der Waals surface area contributed by atoms with Crippen molar-refractivity contribution in [3.8, 4) is 11.8 Å². The monoisotopic (exact) mass is 190 g/mol. The Morgan fingerprint density at radius 2 is 2.15 bits per heavy atom. The third-order valence-electron chi connectivity index (χ3n) is 1.52. The van der Waals surface area contributed by atoms with Crippen LogP contribution in [-0.4, -0.2) is 19.5 Å². The molecular formula is C9H12F2O2. The molecule has 0 aliphatic carbocycles. The molecule has 0 radical (unpaired) electrons. The van der Waals surface area contributed by atoms with E-state index >= 15 is 0 Å². The van der Waals surface area contributed by atoms with Gasteiger partial charge in [0.15, 0.2) is 0 Å². The summed E-state index contributed by atoms with van der Waals surface area (Å²) in [6.45, 7) is 1.75. The molecule has 0 aromatic carbocycles. The molecule has 0 aliphatic heterocycles. The fourth-order valence-corrected chi connectivity index (χ4v) is 0.755. The van der Waals surface area contributed by atoms with Crippen molar-refractivity contribution in [3.05, 3.63) is 0 Å². The average Bonchev–Trinajstić information content (AvgIpc) is 2.10. The summed E-state index contributed by atoms with van der Waals surface area (Å²) in [6.07, 6.45) is -2.16. The number of rotatable bonds is 3. The Hall–Kier alpha value is -1.11. The molecule has 0 saturated carbocycles. The van der Waals surface area contributed by atoms with Crippen LogP contribution in [0.4, 0.5) is 8.78 Å². The van der Waals surface area contributed by atoms with E-state index in [0.717, 1.165) is 0 Å². The van der Waals surface area contributed by atoms with E-state index in [0.29, 0.717) is 6.42 Å². The Labute approximate surface area is 76.3 Å². The summed E-state index contributed by atoms with van der Waals surface area (Å²) in [5.74, 6) is 3.47. The standard InChI is InChI=1S/C9H12F2O2/c1-3-7(6-8(10)11)4-5-9(12)13-2/h7-8H,3,6H2,1-2H3. The lowest BCUT2D eigenvalue weighted by atomic mass is 10.0. The third-order valence-corrected chi connectivity index (χ3v) is 1.52. The van der Waals surface area contributed by atoms with E-state index in [4.69, 9.17) is 0 Å². The molecule has 0 fully saturated rings. The maximum Gasteiger partial charge on any atom is 0.384 e. The first kappa shape index (κ1) is 11.9. The van der Waals surface area contributed by atoms with Crippen LogP contribution < -0.4 is 0 Å². The molecule has 0 rings (SSSR count). The van der Waals surface area contributed by atoms with Crippen LogP contribution in [0.25, 0.3) is 0 Å². The van der Waals surface area contributed by atoms with Crippen LogP contribution in [0.1, 0.15) is 19.8 Å². The first-order valence-electron chi connectivity index (χ1n) is 3.97.